The van der Waals surface area contributed by atoms with E-state index in [1.807, 2.05) is 6.07 Å². The Kier molecular flexibility index (Phi) is 6.85. The van der Waals surface area contributed by atoms with Crippen molar-refractivity contribution >= 4 is 33.6 Å². The molecule has 1 radical (unpaired) electrons. The predicted molar refractivity (Wildman–Crippen MR) is 95.4 cm³/mol. The van der Waals surface area contributed by atoms with E-state index in [1.165, 1.54) is 22.1 Å². The van der Waals surface area contributed by atoms with E-state index in [2.05, 4.69) is 27.8 Å². The maximum absolute atomic E-state index is 12.0. The molecule has 135 valence electrons. The molecule has 1 aliphatic rings. The minimum absolute atomic E-state index is 0.171. The van der Waals surface area contributed by atoms with Gasteiger partial charge in [0, 0.05) is 24.4 Å². The van der Waals surface area contributed by atoms with Crippen LogP contribution in [0, 0.1) is 6.92 Å². The molecule has 3 heterocycles. The SMILES string of the molecule is O=c1[nH]c(=O)n([C@@H]2C[C@H](O)[C@@H](CO)O2)cc1-c1ccc(Br)s1.[CH2]C=O. The average molecular weight is 432 g/mol. The Labute approximate surface area is 154 Å². The number of aldehydes is 1. The van der Waals surface area contributed by atoms with Crippen molar-refractivity contribution in [2.45, 2.75) is 24.9 Å². The molecule has 10 heteroatoms. The minimum Gasteiger partial charge on any atom is -0.394 e. The van der Waals surface area contributed by atoms with Gasteiger partial charge in [0.1, 0.15) is 18.6 Å². The number of thiophene rings is 1. The monoisotopic (exact) mass is 431 g/mol. The first-order chi connectivity index (χ1) is 11.9. The summed E-state index contributed by atoms with van der Waals surface area (Å²) >= 11 is 4.70. The maximum atomic E-state index is 12.0. The summed E-state index contributed by atoms with van der Waals surface area (Å²) < 4.78 is 7.57. The van der Waals surface area contributed by atoms with Gasteiger partial charge in [0.25, 0.3) is 5.56 Å². The number of aromatic amines is 1. The van der Waals surface area contributed by atoms with Crippen LogP contribution in [-0.2, 0) is 9.53 Å². The average Bonchev–Trinajstić information content (AvgIpc) is 3.14. The van der Waals surface area contributed by atoms with Gasteiger partial charge >= 0.3 is 5.69 Å². The van der Waals surface area contributed by atoms with Gasteiger partial charge in [-0.1, -0.05) is 0 Å². The Hall–Kier alpha value is -1.59. The van der Waals surface area contributed by atoms with Crippen molar-refractivity contribution in [3.8, 4) is 10.4 Å². The summed E-state index contributed by atoms with van der Waals surface area (Å²) in [6.45, 7) is 2.47. The molecule has 25 heavy (non-hydrogen) atoms. The molecule has 0 amide bonds. The number of H-pyrrole nitrogens is 1. The van der Waals surface area contributed by atoms with Crippen molar-refractivity contribution in [2.75, 3.05) is 6.61 Å². The van der Waals surface area contributed by atoms with Crippen LogP contribution in [0.25, 0.3) is 10.4 Å². The molecule has 1 fully saturated rings. The Morgan fingerprint density at radius 3 is 2.68 bits per heavy atom. The van der Waals surface area contributed by atoms with Gasteiger partial charge in [-0.25, -0.2) is 4.79 Å². The standard InChI is InChI=1S/C13H13BrN2O5S.C2H3O/c14-10-2-1-9(22-10)6-4-16(13(20)15-12(6)19)11-3-7(18)8(5-17)21-11;1-2-3/h1-2,4,7-8,11,17-18H,3,5H2,(H,15,19,20);2H,1H2/t7-,8+,11-;/m0./s1. The van der Waals surface area contributed by atoms with Crippen LogP contribution in [0.1, 0.15) is 12.6 Å². The summed E-state index contributed by atoms with van der Waals surface area (Å²) in [4.78, 5) is 35.6. The van der Waals surface area contributed by atoms with Crippen molar-refractivity contribution in [2.24, 2.45) is 0 Å². The van der Waals surface area contributed by atoms with Crippen LogP contribution in [0.5, 0.6) is 0 Å². The molecule has 8 nitrogen and oxygen atoms in total. The number of nitrogens with zero attached hydrogens (tertiary/aromatic N) is 1. The molecule has 1 aliphatic heterocycles. The van der Waals surface area contributed by atoms with Gasteiger partial charge in [-0.2, -0.15) is 0 Å². The first-order valence-corrected chi connectivity index (χ1v) is 8.80. The topological polar surface area (TPSA) is 122 Å². The van der Waals surface area contributed by atoms with E-state index in [0.29, 0.717) is 16.7 Å². The second kappa shape index (κ2) is 8.68. The molecule has 1 saturated heterocycles. The van der Waals surface area contributed by atoms with Crippen molar-refractivity contribution in [3.63, 3.8) is 0 Å². The smallest absolute Gasteiger partial charge is 0.330 e. The number of aliphatic hydroxyl groups excluding tert-OH is 2. The van der Waals surface area contributed by atoms with Crippen molar-refractivity contribution in [1.82, 2.24) is 9.55 Å². The summed E-state index contributed by atoms with van der Waals surface area (Å²) in [5, 5.41) is 18.9. The van der Waals surface area contributed by atoms with Gasteiger partial charge in [-0.05, 0) is 28.1 Å². The van der Waals surface area contributed by atoms with Gasteiger partial charge < -0.3 is 19.7 Å². The van der Waals surface area contributed by atoms with Crippen molar-refractivity contribution in [3.05, 3.63) is 49.9 Å². The van der Waals surface area contributed by atoms with Gasteiger partial charge in [0.05, 0.1) is 22.1 Å². The fourth-order valence-electron chi connectivity index (χ4n) is 2.38. The van der Waals surface area contributed by atoms with E-state index >= 15 is 0 Å². The summed E-state index contributed by atoms with van der Waals surface area (Å²) in [6.07, 6.45) is -0.212. The zero-order valence-electron chi connectivity index (χ0n) is 12.9. The Morgan fingerprint density at radius 2 is 2.16 bits per heavy atom. The Balaban J connectivity index is 0.000000701. The third-order valence-corrected chi connectivity index (χ3v) is 5.16. The number of hydrogen-bond acceptors (Lipinski definition) is 7. The zero-order chi connectivity index (χ0) is 18.6. The fraction of sp³-hybridized carbons (Fsp3) is 0.333. The molecular formula is C15H16BrN2O6S. The van der Waals surface area contributed by atoms with Crippen LogP contribution in [0.3, 0.4) is 0 Å². The third-order valence-electron chi connectivity index (χ3n) is 3.50. The number of rotatable bonds is 3. The molecule has 2 aromatic heterocycles. The van der Waals surface area contributed by atoms with Crippen molar-refractivity contribution < 1.29 is 19.7 Å². The molecule has 3 atom stereocenters. The van der Waals surface area contributed by atoms with E-state index in [-0.39, 0.29) is 13.0 Å². The van der Waals surface area contributed by atoms with E-state index in [1.54, 1.807) is 6.07 Å². The first kappa shape index (κ1) is 19.7. The van der Waals surface area contributed by atoms with E-state index in [4.69, 9.17) is 14.6 Å². The van der Waals surface area contributed by atoms with Crippen LogP contribution >= 0.6 is 27.3 Å². The molecule has 0 unspecified atom stereocenters. The summed E-state index contributed by atoms with van der Waals surface area (Å²) in [5.41, 5.74) is -0.742. The molecule has 0 bridgehead atoms. The molecule has 0 aromatic carbocycles. The maximum Gasteiger partial charge on any atom is 0.330 e. The molecule has 3 N–H and O–H groups in total. The lowest BCUT2D eigenvalue weighted by atomic mass is 10.2. The normalized spacial score (nSPS) is 22.3. The highest BCUT2D eigenvalue weighted by molar-refractivity contribution is 9.11. The van der Waals surface area contributed by atoms with Crippen LogP contribution in [0.4, 0.5) is 0 Å². The lowest BCUT2D eigenvalue weighted by Gasteiger charge is -2.15. The van der Waals surface area contributed by atoms with Gasteiger partial charge in [-0.3, -0.25) is 14.3 Å². The number of halogens is 1. The Morgan fingerprint density at radius 1 is 1.48 bits per heavy atom. The lowest BCUT2D eigenvalue weighted by Crippen LogP contribution is -2.33. The third kappa shape index (κ3) is 4.53. The number of carbonyl (C=O) groups excluding carboxylic acids is 1. The summed E-state index contributed by atoms with van der Waals surface area (Å²) in [5.74, 6) is 0. The summed E-state index contributed by atoms with van der Waals surface area (Å²) in [6, 6.07) is 3.58. The minimum atomic E-state index is -0.854. The van der Waals surface area contributed by atoms with Crippen LogP contribution in [0.2, 0.25) is 0 Å². The zero-order valence-corrected chi connectivity index (χ0v) is 15.3. The molecule has 3 rings (SSSR count). The number of aromatic nitrogens is 2. The molecule has 0 saturated carbocycles. The first-order valence-electron chi connectivity index (χ1n) is 7.19. The quantitative estimate of drug-likeness (QED) is 0.614. The van der Waals surface area contributed by atoms with Crippen molar-refractivity contribution in [1.29, 1.82) is 0 Å². The number of nitrogens with one attached hydrogen (secondary N) is 1. The van der Waals surface area contributed by atoms with E-state index in [9.17, 15) is 14.7 Å². The largest absolute Gasteiger partial charge is 0.394 e. The highest BCUT2D eigenvalue weighted by Crippen LogP contribution is 2.31. The van der Waals surface area contributed by atoms with E-state index in [0.717, 1.165) is 3.79 Å². The van der Waals surface area contributed by atoms with Crippen LogP contribution < -0.4 is 11.2 Å². The number of hydrogen-bond donors (Lipinski definition) is 3. The molecule has 0 aliphatic carbocycles. The fourth-order valence-corrected chi connectivity index (χ4v) is 3.78. The van der Waals surface area contributed by atoms with Gasteiger partial charge in [-0.15, -0.1) is 11.3 Å². The molecular weight excluding hydrogens is 416 g/mol. The molecule has 2 aromatic rings. The van der Waals surface area contributed by atoms with Crippen LogP contribution in [-0.4, -0.2) is 44.9 Å². The highest BCUT2D eigenvalue weighted by Gasteiger charge is 2.35. The molecule has 0 spiro atoms. The summed E-state index contributed by atoms with van der Waals surface area (Å²) in [7, 11) is 0. The lowest BCUT2D eigenvalue weighted by molar-refractivity contribution is -0.104. The van der Waals surface area contributed by atoms with E-state index < -0.39 is 29.7 Å². The highest BCUT2D eigenvalue weighted by atomic mass is 79.9. The predicted octanol–water partition coefficient (Wildman–Crippen LogP) is 0.688. The second-order valence-corrected chi connectivity index (χ2v) is 7.56. The number of aliphatic hydroxyl groups is 2. The number of carbonyl (C=O) groups is 1. The van der Waals surface area contributed by atoms with Gasteiger partial charge in [0.2, 0.25) is 0 Å². The second-order valence-electron chi connectivity index (χ2n) is 5.09. The number of ether oxygens (including phenoxy) is 1. The van der Waals surface area contributed by atoms with Crippen LogP contribution in [0.15, 0.2) is 31.7 Å². The van der Waals surface area contributed by atoms with Gasteiger partial charge in [0.15, 0.2) is 0 Å². The Bertz CT molecular complexity index is 845.